The molecule has 0 fully saturated rings. The molecule has 9 nitrogen and oxygen atoms in total. The molecule has 0 saturated carbocycles. The highest BCUT2D eigenvalue weighted by atomic mass is 16.2. The number of carbonyl (C=O) groups excluding carboxylic acids is 3. The van der Waals surface area contributed by atoms with Crippen LogP contribution in [0.5, 0.6) is 0 Å². The fraction of sp³-hybridized carbons (Fsp3) is 0.158. The molecule has 0 bridgehead atoms. The van der Waals surface area contributed by atoms with Gasteiger partial charge in [0.2, 0.25) is 5.91 Å². The SMILES string of the molecule is CN1C(=O)c2ccc(NC(=O)C(Cc3ccccc3)n3cnnn3)cc2C1=O. The zero-order valence-corrected chi connectivity index (χ0v) is 14.9. The number of carbonyl (C=O) groups is 3. The van der Waals surface area contributed by atoms with Crippen molar-refractivity contribution in [1.29, 1.82) is 0 Å². The van der Waals surface area contributed by atoms with Gasteiger partial charge in [0.1, 0.15) is 12.4 Å². The normalized spacial score (nSPS) is 14.1. The van der Waals surface area contributed by atoms with Crippen LogP contribution in [0.1, 0.15) is 32.3 Å². The Morgan fingerprint density at radius 3 is 2.54 bits per heavy atom. The highest BCUT2D eigenvalue weighted by Gasteiger charge is 2.33. The molecule has 3 amide bonds. The van der Waals surface area contributed by atoms with Crippen molar-refractivity contribution in [3.63, 3.8) is 0 Å². The van der Waals surface area contributed by atoms with E-state index in [1.807, 2.05) is 30.3 Å². The predicted molar refractivity (Wildman–Crippen MR) is 98.5 cm³/mol. The van der Waals surface area contributed by atoms with Crippen molar-refractivity contribution in [2.45, 2.75) is 12.5 Å². The van der Waals surface area contributed by atoms with Gasteiger partial charge in [-0.05, 0) is 34.2 Å². The molecule has 1 aliphatic heterocycles. The number of amides is 3. The smallest absolute Gasteiger partial charge is 0.261 e. The number of aromatic nitrogens is 4. The van der Waals surface area contributed by atoms with E-state index >= 15 is 0 Å². The molecule has 3 aromatic rings. The molecule has 0 spiro atoms. The maximum atomic E-state index is 12.9. The second kappa shape index (κ2) is 7.03. The van der Waals surface area contributed by atoms with Crippen LogP contribution in [0.2, 0.25) is 0 Å². The summed E-state index contributed by atoms with van der Waals surface area (Å²) in [4.78, 5) is 38.2. The second-order valence-electron chi connectivity index (χ2n) is 6.41. The third-order valence-electron chi connectivity index (χ3n) is 4.62. The molecule has 0 saturated heterocycles. The molecule has 2 heterocycles. The molecular formula is C19H16N6O3. The monoisotopic (exact) mass is 376 g/mol. The van der Waals surface area contributed by atoms with E-state index < -0.39 is 11.9 Å². The number of nitrogens with zero attached hydrogens (tertiary/aromatic N) is 5. The third kappa shape index (κ3) is 3.13. The molecule has 0 aliphatic carbocycles. The zero-order chi connectivity index (χ0) is 19.7. The lowest BCUT2D eigenvalue weighted by Crippen LogP contribution is -2.28. The summed E-state index contributed by atoms with van der Waals surface area (Å²) in [5, 5.41) is 13.9. The van der Waals surface area contributed by atoms with Crippen molar-refractivity contribution >= 4 is 23.4 Å². The van der Waals surface area contributed by atoms with E-state index in [2.05, 4.69) is 20.8 Å². The topological polar surface area (TPSA) is 110 Å². The van der Waals surface area contributed by atoms with Crippen LogP contribution >= 0.6 is 0 Å². The third-order valence-corrected chi connectivity index (χ3v) is 4.62. The Bertz CT molecular complexity index is 1050. The number of fused-ring (bicyclic) bond motifs is 1. The average Bonchev–Trinajstić information content (AvgIpc) is 3.31. The number of hydrogen-bond acceptors (Lipinski definition) is 6. The molecule has 2 aromatic carbocycles. The molecule has 1 unspecified atom stereocenters. The number of benzene rings is 2. The van der Waals surface area contributed by atoms with Crippen LogP contribution in [-0.4, -0.2) is 49.9 Å². The van der Waals surface area contributed by atoms with Gasteiger partial charge in [-0.1, -0.05) is 30.3 Å². The molecule has 1 atom stereocenters. The minimum Gasteiger partial charge on any atom is -0.324 e. The summed E-state index contributed by atoms with van der Waals surface area (Å²) in [5.41, 5.74) is 1.97. The number of rotatable bonds is 5. The number of nitrogens with one attached hydrogen (secondary N) is 1. The highest BCUT2D eigenvalue weighted by molar-refractivity contribution is 6.21. The molecular weight excluding hydrogens is 360 g/mol. The Hall–Kier alpha value is -3.88. The number of tetrazole rings is 1. The van der Waals surface area contributed by atoms with Gasteiger partial charge < -0.3 is 5.32 Å². The van der Waals surface area contributed by atoms with Gasteiger partial charge in [0.25, 0.3) is 11.8 Å². The molecule has 1 N–H and O–H groups in total. The second-order valence-corrected chi connectivity index (χ2v) is 6.41. The summed E-state index contributed by atoms with van der Waals surface area (Å²) in [6.45, 7) is 0. The van der Waals surface area contributed by atoms with E-state index in [4.69, 9.17) is 0 Å². The van der Waals surface area contributed by atoms with Crippen LogP contribution in [0, 0.1) is 0 Å². The standard InChI is InChI=1S/C19H16N6O3/c1-24-18(27)14-8-7-13(10-15(14)19(24)28)21-17(26)16(25-11-20-22-23-25)9-12-5-3-2-4-6-12/h2-8,10-11,16H,9H2,1H3,(H,21,26). The van der Waals surface area contributed by atoms with Gasteiger partial charge in [-0.3, -0.25) is 19.3 Å². The quantitative estimate of drug-likeness (QED) is 0.673. The van der Waals surface area contributed by atoms with E-state index in [0.717, 1.165) is 10.5 Å². The van der Waals surface area contributed by atoms with Crippen LogP contribution in [-0.2, 0) is 11.2 Å². The summed E-state index contributed by atoms with van der Waals surface area (Å²) in [7, 11) is 1.43. The Labute approximate surface area is 160 Å². The minimum absolute atomic E-state index is 0.271. The van der Waals surface area contributed by atoms with Gasteiger partial charge in [0.05, 0.1) is 11.1 Å². The predicted octanol–water partition coefficient (Wildman–Crippen LogP) is 1.32. The first-order valence-corrected chi connectivity index (χ1v) is 8.58. The fourth-order valence-electron chi connectivity index (χ4n) is 3.12. The lowest BCUT2D eigenvalue weighted by atomic mass is 10.0. The molecule has 9 heteroatoms. The summed E-state index contributed by atoms with van der Waals surface area (Å²) in [5.74, 6) is -1.08. The van der Waals surface area contributed by atoms with Gasteiger partial charge in [-0.15, -0.1) is 5.10 Å². The molecule has 1 aromatic heterocycles. The zero-order valence-electron chi connectivity index (χ0n) is 14.9. The average molecular weight is 376 g/mol. The van der Waals surface area contributed by atoms with Gasteiger partial charge in [0.15, 0.2) is 0 Å². The molecule has 0 radical (unpaired) electrons. The maximum Gasteiger partial charge on any atom is 0.261 e. The van der Waals surface area contributed by atoms with Crippen LogP contribution in [0.15, 0.2) is 54.9 Å². The van der Waals surface area contributed by atoms with Crippen molar-refractivity contribution in [3.05, 3.63) is 71.5 Å². The van der Waals surface area contributed by atoms with E-state index in [0.29, 0.717) is 17.7 Å². The first kappa shape index (κ1) is 17.5. The van der Waals surface area contributed by atoms with E-state index in [1.54, 1.807) is 6.07 Å². The van der Waals surface area contributed by atoms with Gasteiger partial charge in [-0.2, -0.15) is 0 Å². The number of anilines is 1. The van der Waals surface area contributed by atoms with E-state index in [-0.39, 0.29) is 17.4 Å². The van der Waals surface area contributed by atoms with Crippen LogP contribution in [0.3, 0.4) is 0 Å². The van der Waals surface area contributed by atoms with Crippen molar-refractivity contribution in [2.24, 2.45) is 0 Å². The first-order valence-electron chi connectivity index (χ1n) is 8.58. The largest absolute Gasteiger partial charge is 0.324 e. The highest BCUT2D eigenvalue weighted by Crippen LogP contribution is 2.25. The maximum absolute atomic E-state index is 12.9. The van der Waals surface area contributed by atoms with Crippen molar-refractivity contribution in [2.75, 3.05) is 12.4 Å². The van der Waals surface area contributed by atoms with Gasteiger partial charge in [-0.25, -0.2) is 4.68 Å². The number of hydrogen-bond donors (Lipinski definition) is 1. The summed E-state index contributed by atoms with van der Waals surface area (Å²) in [6, 6.07) is 13.5. The van der Waals surface area contributed by atoms with Gasteiger partial charge in [0, 0.05) is 19.2 Å². The van der Waals surface area contributed by atoms with Crippen molar-refractivity contribution < 1.29 is 14.4 Å². The Morgan fingerprint density at radius 1 is 1.07 bits per heavy atom. The van der Waals surface area contributed by atoms with Crippen molar-refractivity contribution in [1.82, 2.24) is 25.1 Å². The van der Waals surface area contributed by atoms with Gasteiger partial charge >= 0.3 is 0 Å². The molecule has 1 aliphatic rings. The number of imide groups is 1. The van der Waals surface area contributed by atoms with Crippen LogP contribution < -0.4 is 5.32 Å². The van der Waals surface area contributed by atoms with Crippen LogP contribution in [0.25, 0.3) is 0 Å². The summed E-state index contributed by atoms with van der Waals surface area (Å²) < 4.78 is 1.39. The Kier molecular flexibility index (Phi) is 4.40. The summed E-state index contributed by atoms with van der Waals surface area (Å²) >= 11 is 0. The molecule has 4 rings (SSSR count). The molecule has 28 heavy (non-hydrogen) atoms. The Morgan fingerprint density at radius 2 is 1.82 bits per heavy atom. The lowest BCUT2D eigenvalue weighted by molar-refractivity contribution is -0.119. The van der Waals surface area contributed by atoms with Crippen LogP contribution in [0.4, 0.5) is 5.69 Å². The van der Waals surface area contributed by atoms with E-state index in [9.17, 15) is 14.4 Å². The summed E-state index contributed by atoms with van der Waals surface area (Å²) in [6.07, 6.45) is 1.77. The Balaban J connectivity index is 1.59. The van der Waals surface area contributed by atoms with E-state index in [1.165, 1.54) is 30.2 Å². The minimum atomic E-state index is -0.675. The molecule has 140 valence electrons. The lowest BCUT2D eigenvalue weighted by Gasteiger charge is -2.16. The first-order chi connectivity index (χ1) is 13.5. The fourth-order valence-corrected chi connectivity index (χ4v) is 3.12. The van der Waals surface area contributed by atoms with Crippen molar-refractivity contribution in [3.8, 4) is 0 Å².